The van der Waals surface area contributed by atoms with E-state index < -0.39 is 0 Å². The number of aliphatic imine (C=N–C) groups is 1. The normalized spacial score (nSPS) is 18.9. The minimum atomic E-state index is 0.660. The summed E-state index contributed by atoms with van der Waals surface area (Å²) in [6.45, 7) is 4.62. The molecule has 92 valence electrons. The van der Waals surface area contributed by atoms with E-state index in [1.165, 1.54) is 6.42 Å². The van der Waals surface area contributed by atoms with E-state index in [9.17, 15) is 0 Å². The van der Waals surface area contributed by atoms with Gasteiger partial charge >= 0.3 is 0 Å². The van der Waals surface area contributed by atoms with E-state index in [1.807, 2.05) is 42.1 Å². The molecule has 1 aliphatic rings. The van der Waals surface area contributed by atoms with Gasteiger partial charge in [-0.15, -0.1) is 0 Å². The molecule has 1 heterocycles. The number of rotatable bonds is 5. The van der Waals surface area contributed by atoms with E-state index in [2.05, 4.69) is 17.2 Å². The Morgan fingerprint density at radius 2 is 2.24 bits per heavy atom. The van der Waals surface area contributed by atoms with Gasteiger partial charge in [-0.05, 0) is 18.6 Å². The topological polar surface area (TPSA) is 33.6 Å². The molecule has 0 fully saturated rings. The first-order valence-corrected chi connectivity index (χ1v) is 6.89. The summed E-state index contributed by atoms with van der Waals surface area (Å²) in [6, 6.07) is 9.88. The van der Waals surface area contributed by atoms with Crippen LogP contribution in [0.3, 0.4) is 0 Å². The van der Waals surface area contributed by atoms with E-state index in [-0.39, 0.29) is 0 Å². The summed E-state index contributed by atoms with van der Waals surface area (Å²) in [7, 11) is 0. The maximum absolute atomic E-state index is 5.59. The van der Waals surface area contributed by atoms with Crippen molar-refractivity contribution in [1.82, 2.24) is 5.32 Å². The van der Waals surface area contributed by atoms with E-state index in [4.69, 9.17) is 4.74 Å². The summed E-state index contributed by atoms with van der Waals surface area (Å²) >= 11 is 1.84. The average Bonchev–Trinajstić information content (AvgIpc) is 2.84. The third-order valence-electron chi connectivity index (χ3n) is 2.56. The zero-order chi connectivity index (χ0) is 11.9. The number of hydrogen-bond donors (Lipinski definition) is 1. The molecule has 0 aliphatic carbocycles. The molecule has 2 rings (SSSR count). The lowest BCUT2D eigenvalue weighted by molar-refractivity contribution is 0.323. The van der Waals surface area contributed by atoms with Gasteiger partial charge in [0.25, 0.3) is 0 Å². The van der Waals surface area contributed by atoms with Crippen LogP contribution in [-0.4, -0.2) is 30.1 Å². The van der Waals surface area contributed by atoms with Gasteiger partial charge in [-0.25, -0.2) is 0 Å². The van der Waals surface area contributed by atoms with Gasteiger partial charge in [0.1, 0.15) is 12.4 Å². The summed E-state index contributed by atoms with van der Waals surface area (Å²) < 4.78 is 5.59. The number of nitrogens with zero attached hydrogens (tertiary/aromatic N) is 1. The number of para-hydroxylation sites is 1. The SMILES string of the molecule is CCC1CN=C(NCCOc2ccccc2)S1. The highest BCUT2D eigenvalue weighted by molar-refractivity contribution is 8.14. The van der Waals surface area contributed by atoms with E-state index >= 15 is 0 Å². The van der Waals surface area contributed by atoms with Crippen LogP contribution in [-0.2, 0) is 0 Å². The quantitative estimate of drug-likeness (QED) is 0.815. The smallest absolute Gasteiger partial charge is 0.157 e. The third kappa shape index (κ3) is 3.97. The summed E-state index contributed by atoms with van der Waals surface area (Å²) in [5, 5.41) is 5.03. The number of ether oxygens (including phenoxy) is 1. The van der Waals surface area contributed by atoms with Gasteiger partial charge in [-0.2, -0.15) is 0 Å². The Morgan fingerprint density at radius 1 is 1.41 bits per heavy atom. The molecule has 0 spiro atoms. The first-order chi connectivity index (χ1) is 8.38. The fraction of sp³-hybridized carbons (Fsp3) is 0.462. The van der Waals surface area contributed by atoms with Crippen molar-refractivity contribution in [3.05, 3.63) is 30.3 Å². The van der Waals surface area contributed by atoms with Crippen molar-refractivity contribution in [2.45, 2.75) is 18.6 Å². The number of nitrogens with one attached hydrogen (secondary N) is 1. The van der Waals surface area contributed by atoms with Crippen LogP contribution < -0.4 is 10.1 Å². The van der Waals surface area contributed by atoms with Gasteiger partial charge in [-0.1, -0.05) is 36.9 Å². The van der Waals surface area contributed by atoms with E-state index in [0.29, 0.717) is 11.9 Å². The van der Waals surface area contributed by atoms with Gasteiger partial charge < -0.3 is 10.1 Å². The van der Waals surface area contributed by atoms with Crippen molar-refractivity contribution in [3.8, 4) is 5.75 Å². The van der Waals surface area contributed by atoms with Crippen LogP contribution in [0.5, 0.6) is 5.75 Å². The van der Waals surface area contributed by atoms with Crippen molar-refractivity contribution in [3.63, 3.8) is 0 Å². The average molecular weight is 250 g/mol. The van der Waals surface area contributed by atoms with E-state index in [0.717, 1.165) is 24.0 Å². The van der Waals surface area contributed by atoms with Crippen LogP contribution in [0, 0.1) is 0 Å². The van der Waals surface area contributed by atoms with Gasteiger partial charge in [0.15, 0.2) is 5.17 Å². The van der Waals surface area contributed by atoms with Crippen molar-refractivity contribution >= 4 is 16.9 Å². The maximum Gasteiger partial charge on any atom is 0.157 e. The maximum atomic E-state index is 5.59. The molecular formula is C13H18N2OS. The number of thioether (sulfide) groups is 1. The molecule has 1 unspecified atom stereocenters. The molecule has 3 nitrogen and oxygen atoms in total. The predicted molar refractivity (Wildman–Crippen MR) is 73.9 cm³/mol. The number of benzene rings is 1. The van der Waals surface area contributed by atoms with E-state index in [1.54, 1.807) is 0 Å². The monoisotopic (exact) mass is 250 g/mol. The highest BCUT2D eigenvalue weighted by Crippen LogP contribution is 2.21. The Kier molecular flexibility index (Phi) is 4.74. The van der Waals surface area contributed by atoms with Gasteiger partial charge in [0.05, 0.1) is 13.1 Å². The fourth-order valence-electron chi connectivity index (χ4n) is 1.57. The molecule has 1 atom stereocenters. The first-order valence-electron chi connectivity index (χ1n) is 6.01. The zero-order valence-electron chi connectivity index (χ0n) is 10.1. The number of hydrogen-bond acceptors (Lipinski definition) is 4. The van der Waals surface area contributed by atoms with Crippen LogP contribution in [0.25, 0.3) is 0 Å². The molecule has 0 aromatic heterocycles. The second-order valence-corrected chi connectivity index (χ2v) is 5.17. The van der Waals surface area contributed by atoms with Crippen LogP contribution in [0.4, 0.5) is 0 Å². The minimum absolute atomic E-state index is 0.660. The van der Waals surface area contributed by atoms with Gasteiger partial charge in [0.2, 0.25) is 0 Å². The summed E-state index contributed by atoms with van der Waals surface area (Å²) in [4.78, 5) is 4.45. The van der Waals surface area contributed by atoms with Crippen LogP contribution in [0.2, 0.25) is 0 Å². The highest BCUT2D eigenvalue weighted by Gasteiger charge is 2.16. The summed E-state index contributed by atoms with van der Waals surface area (Å²) in [6.07, 6.45) is 1.18. The number of amidine groups is 1. The Labute approximate surface area is 107 Å². The van der Waals surface area contributed by atoms with Crippen molar-refractivity contribution in [1.29, 1.82) is 0 Å². The Bertz CT molecular complexity index is 367. The first kappa shape index (κ1) is 12.3. The van der Waals surface area contributed by atoms with Crippen molar-refractivity contribution in [2.24, 2.45) is 4.99 Å². The molecule has 0 radical (unpaired) electrons. The Morgan fingerprint density at radius 3 is 2.94 bits per heavy atom. The Balaban J connectivity index is 1.61. The minimum Gasteiger partial charge on any atom is -0.492 e. The molecule has 0 bridgehead atoms. The zero-order valence-corrected chi connectivity index (χ0v) is 10.9. The fourth-order valence-corrected chi connectivity index (χ4v) is 2.54. The molecule has 0 saturated carbocycles. The van der Waals surface area contributed by atoms with Crippen LogP contribution >= 0.6 is 11.8 Å². The molecular weight excluding hydrogens is 232 g/mol. The third-order valence-corrected chi connectivity index (χ3v) is 3.87. The van der Waals surface area contributed by atoms with Crippen LogP contribution in [0.15, 0.2) is 35.3 Å². The summed E-state index contributed by atoms with van der Waals surface area (Å²) in [5.41, 5.74) is 0. The molecule has 1 aromatic rings. The predicted octanol–water partition coefficient (Wildman–Crippen LogP) is 2.54. The molecule has 4 heteroatoms. The highest BCUT2D eigenvalue weighted by atomic mass is 32.2. The second-order valence-electron chi connectivity index (χ2n) is 3.88. The van der Waals surface area contributed by atoms with Crippen LogP contribution in [0.1, 0.15) is 13.3 Å². The second kappa shape index (κ2) is 6.55. The Hall–Kier alpha value is -1.16. The molecule has 1 aliphatic heterocycles. The van der Waals surface area contributed by atoms with Gasteiger partial charge in [-0.3, -0.25) is 4.99 Å². The molecule has 0 amide bonds. The largest absolute Gasteiger partial charge is 0.492 e. The molecule has 0 saturated heterocycles. The van der Waals surface area contributed by atoms with Crippen molar-refractivity contribution < 1.29 is 4.74 Å². The molecule has 1 N–H and O–H groups in total. The molecule has 17 heavy (non-hydrogen) atoms. The lowest BCUT2D eigenvalue weighted by atomic mass is 10.3. The summed E-state index contributed by atoms with van der Waals surface area (Å²) in [5.74, 6) is 0.918. The van der Waals surface area contributed by atoms with Crippen molar-refractivity contribution in [2.75, 3.05) is 19.7 Å². The lowest BCUT2D eigenvalue weighted by Crippen LogP contribution is -2.25. The van der Waals surface area contributed by atoms with Gasteiger partial charge in [0, 0.05) is 5.25 Å². The molecule has 1 aromatic carbocycles. The standard InChI is InChI=1S/C13H18N2OS/c1-2-12-10-15-13(17-12)14-8-9-16-11-6-4-3-5-7-11/h3-7,12H,2,8-10H2,1H3,(H,14,15). The lowest BCUT2D eigenvalue weighted by Gasteiger charge is -2.08.